The maximum Gasteiger partial charge on any atom is 0.00889 e. The quantitative estimate of drug-likeness (QED) is 0.845. The minimum atomic E-state index is 0. The van der Waals surface area contributed by atoms with E-state index in [2.05, 4.69) is 11.8 Å². The zero-order valence-corrected chi connectivity index (χ0v) is 12.1. The van der Waals surface area contributed by atoms with Crippen LogP contribution in [0, 0.1) is 11.8 Å². The highest BCUT2D eigenvalue weighted by molar-refractivity contribution is 5.85. The highest BCUT2D eigenvalue weighted by atomic mass is 35.5. The molecule has 1 heterocycles. The molecule has 1 saturated heterocycles. The van der Waals surface area contributed by atoms with E-state index in [4.69, 9.17) is 5.73 Å². The van der Waals surface area contributed by atoms with Gasteiger partial charge in [-0.2, -0.15) is 0 Å². The first-order chi connectivity index (χ1) is 7.75. The first kappa shape index (κ1) is 15.3. The Morgan fingerprint density at radius 3 is 2.47 bits per heavy atom. The van der Waals surface area contributed by atoms with Crippen molar-refractivity contribution in [2.75, 3.05) is 19.6 Å². The van der Waals surface area contributed by atoms with Crippen LogP contribution in [0.15, 0.2) is 0 Å². The second kappa shape index (κ2) is 7.60. The molecule has 0 aromatic heterocycles. The van der Waals surface area contributed by atoms with Crippen LogP contribution in [0.5, 0.6) is 0 Å². The standard InChI is InChI=1S/C14H28N2.ClH/c1-12-11-16(10-8-14(12)15)9-7-13-5-3-2-4-6-13;/h12-14H,2-11,15H2,1H3;1H. The van der Waals surface area contributed by atoms with Crippen LogP contribution in [-0.2, 0) is 0 Å². The van der Waals surface area contributed by atoms with Gasteiger partial charge in [-0.3, -0.25) is 0 Å². The van der Waals surface area contributed by atoms with Crippen LogP contribution in [0.25, 0.3) is 0 Å². The molecule has 2 aliphatic rings. The number of piperidine rings is 1. The third-order valence-electron chi connectivity index (χ3n) is 4.63. The fourth-order valence-electron chi connectivity index (χ4n) is 3.29. The van der Waals surface area contributed by atoms with Crippen molar-refractivity contribution in [1.29, 1.82) is 0 Å². The maximum absolute atomic E-state index is 6.05. The number of nitrogens with zero attached hydrogens (tertiary/aromatic N) is 1. The van der Waals surface area contributed by atoms with Gasteiger partial charge in [0.05, 0.1) is 0 Å². The van der Waals surface area contributed by atoms with Gasteiger partial charge >= 0.3 is 0 Å². The average molecular weight is 261 g/mol. The first-order valence-corrected chi connectivity index (χ1v) is 7.23. The van der Waals surface area contributed by atoms with Crippen molar-refractivity contribution < 1.29 is 0 Å². The Hall–Kier alpha value is 0.210. The summed E-state index contributed by atoms with van der Waals surface area (Å²) >= 11 is 0. The molecule has 0 amide bonds. The van der Waals surface area contributed by atoms with Crippen LogP contribution in [0.1, 0.15) is 51.9 Å². The predicted molar refractivity (Wildman–Crippen MR) is 76.6 cm³/mol. The lowest BCUT2D eigenvalue weighted by Gasteiger charge is -2.36. The van der Waals surface area contributed by atoms with Crippen LogP contribution in [0.2, 0.25) is 0 Å². The second-order valence-corrected chi connectivity index (χ2v) is 6.02. The Labute approximate surface area is 113 Å². The average Bonchev–Trinajstić information content (AvgIpc) is 2.32. The SMILES string of the molecule is CC1CN(CCC2CCCCC2)CCC1N.Cl. The van der Waals surface area contributed by atoms with E-state index in [1.807, 2.05) is 0 Å². The molecule has 1 aliphatic carbocycles. The van der Waals surface area contributed by atoms with E-state index in [1.165, 1.54) is 64.6 Å². The normalized spacial score (nSPS) is 32.1. The van der Waals surface area contributed by atoms with E-state index in [0.717, 1.165) is 5.92 Å². The maximum atomic E-state index is 6.05. The van der Waals surface area contributed by atoms with E-state index in [9.17, 15) is 0 Å². The molecule has 102 valence electrons. The summed E-state index contributed by atoms with van der Waals surface area (Å²) < 4.78 is 0. The monoisotopic (exact) mass is 260 g/mol. The highest BCUT2D eigenvalue weighted by Gasteiger charge is 2.23. The van der Waals surface area contributed by atoms with Crippen molar-refractivity contribution >= 4 is 12.4 Å². The summed E-state index contributed by atoms with van der Waals surface area (Å²) in [5.41, 5.74) is 6.05. The fraction of sp³-hybridized carbons (Fsp3) is 1.00. The number of hydrogen-bond donors (Lipinski definition) is 1. The molecule has 0 aromatic carbocycles. The molecule has 2 atom stereocenters. The zero-order valence-electron chi connectivity index (χ0n) is 11.2. The van der Waals surface area contributed by atoms with Crippen LogP contribution >= 0.6 is 12.4 Å². The number of nitrogens with two attached hydrogens (primary N) is 1. The Morgan fingerprint density at radius 1 is 1.12 bits per heavy atom. The summed E-state index contributed by atoms with van der Waals surface area (Å²) in [4.78, 5) is 2.64. The van der Waals surface area contributed by atoms with Gasteiger partial charge in [-0.15, -0.1) is 12.4 Å². The molecule has 3 heteroatoms. The molecule has 2 rings (SSSR count). The van der Waals surface area contributed by atoms with Gasteiger partial charge in [0, 0.05) is 12.6 Å². The summed E-state index contributed by atoms with van der Waals surface area (Å²) in [6.45, 7) is 6.09. The highest BCUT2D eigenvalue weighted by Crippen LogP contribution is 2.27. The molecule has 2 fully saturated rings. The van der Waals surface area contributed by atoms with Crippen molar-refractivity contribution in [2.45, 2.75) is 57.9 Å². The van der Waals surface area contributed by atoms with Gasteiger partial charge in [0.2, 0.25) is 0 Å². The van der Waals surface area contributed by atoms with E-state index < -0.39 is 0 Å². The van der Waals surface area contributed by atoms with Crippen LogP contribution in [0.4, 0.5) is 0 Å². The molecular weight excluding hydrogens is 232 g/mol. The summed E-state index contributed by atoms with van der Waals surface area (Å²) in [6, 6.07) is 0.450. The van der Waals surface area contributed by atoms with Crippen LogP contribution in [0.3, 0.4) is 0 Å². The number of likely N-dealkylation sites (tertiary alicyclic amines) is 1. The molecule has 2 N–H and O–H groups in total. The Bertz CT molecular complexity index is 204. The van der Waals surface area contributed by atoms with Crippen molar-refractivity contribution in [1.82, 2.24) is 4.90 Å². The Balaban J connectivity index is 0.00000144. The number of halogens is 1. The largest absolute Gasteiger partial charge is 0.327 e. The molecule has 0 aromatic rings. The Kier molecular flexibility index (Phi) is 6.83. The summed E-state index contributed by atoms with van der Waals surface area (Å²) in [7, 11) is 0. The van der Waals surface area contributed by atoms with Gasteiger partial charge in [0.25, 0.3) is 0 Å². The lowest BCUT2D eigenvalue weighted by Crippen LogP contribution is -2.46. The van der Waals surface area contributed by atoms with E-state index in [1.54, 1.807) is 0 Å². The van der Waals surface area contributed by atoms with Gasteiger partial charge < -0.3 is 10.6 Å². The molecule has 0 radical (unpaired) electrons. The predicted octanol–water partition coefficient (Wildman–Crippen LogP) is 3.05. The smallest absolute Gasteiger partial charge is 0.00889 e. The van der Waals surface area contributed by atoms with E-state index >= 15 is 0 Å². The first-order valence-electron chi connectivity index (χ1n) is 7.23. The van der Waals surface area contributed by atoms with Crippen LogP contribution in [-0.4, -0.2) is 30.6 Å². The molecule has 0 bridgehead atoms. The fourth-order valence-corrected chi connectivity index (χ4v) is 3.29. The minimum absolute atomic E-state index is 0. The molecule has 17 heavy (non-hydrogen) atoms. The van der Waals surface area contributed by atoms with Gasteiger partial charge in [-0.1, -0.05) is 39.0 Å². The molecule has 1 saturated carbocycles. The van der Waals surface area contributed by atoms with Crippen molar-refractivity contribution in [3.63, 3.8) is 0 Å². The summed E-state index contributed by atoms with van der Waals surface area (Å²) in [5.74, 6) is 1.72. The van der Waals surface area contributed by atoms with Crippen molar-refractivity contribution in [3.8, 4) is 0 Å². The van der Waals surface area contributed by atoms with Crippen molar-refractivity contribution in [2.24, 2.45) is 17.6 Å². The van der Waals surface area contributed by atoms with Gasteiger partial charge in [0.15, 0.2) is 0 Å². The summed E-state index contributed by atoms with van der Waals surface area (Å²) in [6.07, 6.45) is 10.0. The summed E-state index contributed by atoms with van der Waals surface area (Å²) in [5, 5.41) is 0. The third kappa shape index (κ3) is 4.76. The lowest BCUT2D eigenvalue weighted by atomic mass is 9.86. The molecule has 1 aliphatic heterocycles. The number of hydrogen-bond acceptors (Lipinski definition) is 2. The molecular formula is C14H29ClN2. The van der Waals surface area contributed by atoms with E-state index in [-0.39, 0.29) is 12.4 Å². The van der Waals surface area contributed by atoms with Crippen LogP contribution < -0.4 is 5.73 Å². The zero-order chi connectivity index (χ0) is 11.4. The molecule has 2 nitrogen and oxygen atoms in total. The number of rotatable bonds is 3. The minimum Gasteiger partial charge on any atom is -0.327 e. The molecule has 0 spiro atoms. The third-order valence-corrected chi connectivity index (χ3v) is 4.63. The van der Waals surface area contributed by atoms with E-state index in [0.29, 0.717) is 12.0 Å². The van der Waals surface area contributed by atoms with Gasteiger partial charge in [-0.05, 0) is 37.8 Å². The molecule has 2 unspecified atom stereocenters. The van der Waals surface area contributed by atoms with Gasteiger partial charge in [0.1, 0.15) is 0 Å². The Morgan fingerprint density at radius 2 is 1.82 bits per heavy atom. The van der Waals surface area contributed by atoms with Gasteiger partial charge in [-0.25, -0.2) is 0 Å². The lowest BCUT2D eigenvalue weighted by molar-refractivity contribution is 0.150. The topological polar surface area (TPSA) is 29.3 Å². The second-order valence-electron chi connectivity index (χ2n) is 6.02. The van der Waals surface area contributed by atoms with Crippen molar-refractivity contribution in [3.05, 3.63) is 0 Å².